The van der Waals surface area contributed by atoms with E-state index in [1.165, 1.54) is 12.1 Å². The van der Waals surface area contributed by atoms with Gasteiger partial charge in [0, 0.05) is 47.1 Å². The van der Waals surface area contributed by atoms with Crippen molar-refractivity contribution in [2.45, 2.75) is 25.4 Å². The Hall–Kier alpha value is -5.29. The largest absolute Gasteiger partial charge is 0.386 e. The Balaban J connectivity index is 1.48. The van der Waals surface area contributed by atoms with Crippen molar-refractivity contribution in [3.63, 3.8) is 0 Å². The van der Waals surface area contributed by atoms with Crippen LogP contribution in [0.25, 0.3) is 33.1 Å². The first-order valence-corrected chi connectivity index (χ1v) is 14.5. The van der Waals surface area contributed by atoms with Crippen LogP contribution in [0.2, 0.25) is 0 Å². The van der Waals surface area contributed by atoms with Crippen LogP contribution in [0.5, 0.6) is 0 Å². The maximum Gasteiger partial charge on any atom is 0.270 e. The molecule has 224 valence electrons. The van der Waals surface area contributed by atoms with Crippen molar-refractivity contribution in [2.75, 3.05) is 12.4 Å². The molecular weight excluding hydrogens is 582 g/mol. The molecule has 1 atom stereocenters. The van der Waals surface area contributed by atoms with Gasteiger partial charge >= 0.3 is 0 Å². The number of pyridine rings is 1. The minimum atomic E-state index is -0.889. The van der Waals surface area contributed by atoms with Crippen molar-refractivity contribution >= 4 is 56.7 Å². The van der Waals surface area contributed by atoms with Gasteiger partial charge < -0.3 is 21.4 Å². The molecule has 2 amide bonds. The number of non-ortho nitro benzene ring substituents is 1. The Morgan fingerprint density at radius 3 is 2.57 bits per heavy atom. The molecule has 2 heterocycles. The van der Waals surface area contributed by atoms with Gasteiger partial charge in [-0.25, -0.2) is 4.98 Å². The van der Waals surface area contributed by atoms with Gasteiger partial charge in [-0.3, -0.25) is 24.7 Å². The van der Waals surface area contributed by atoms with Gasteiger partial charge in [0.2, 0.25) is 5.91 Å². The van der Waals surface area contributed by atoms with Crippen molar-refractivity contribution in [3.05, 3.63) is 106 Å². The number of nitrogens with two attached hydrogens (primary N) is 1. The number of para-hydroxylation sites is 1. The molecule has 5 N–H and O–H groups in total. The zero-order chi connectivity index (χ0) is 31.1. The second-order valence-corrected chi connectivity index (χ2v) is 10.4. The Morgan fingerprint density at radius 1 is 1.02 bits per heavy atom. The number of fused-ring (bicyclic) bond motifs is 3. The highest BCUT2D eigenvalue weighted by Crippen LogP contribution is 2.33. The number of halogens is 1. The van der Waals surface area contributed by atoms with Crippen molar-refractivity contribution in [1.29, 1.82) is 0 Å². The highest BCUT2D eigenvalue weighted by atomic mass is 35.5. The number of aromatic amines is 1. The Labute approximate surface area is 257 Å². The fourth-order valence-electron chi connectivity index (χ4n) is 4.91. The zero-order valence-electron chi connectivity index (χ0n) is 23.6. The minimum Gasteiger partial charge on any atom is -0.386 e. The molecule has 0 spiro atoms. The van der Waals surface area contributed by atoms with E-state index >= 15 is 0 Å². The average Bonchev–Trinajstić information content (AvgIpc) is 3.43. The van der Waals surface area contributed by atoms with Crippen LogP contribution in [-0.2, 0) is 11.3 Å². The van der Waals surface area contributed by atoms with Gasteiger partial charge in [-0.2, -0.15) is 0 Å². The number of aliphatic imine (C=N–C) groups is 1. The minimum absolute atomic E-state index is 0.0639. The third-order valence-corrected chi connectivity index (χ3v) is 7.37. The topological polar surface area (TPSA) is 168 Å². The van der Waals surface area contributed by atoms with E-state index in [1.54, 1.807) is 18.2 Å². The third-order valence-electron chi connectivity index (χ3n) is 7.09. The molecule has 0 bridgehead atoms. The molecule has 0 aliphatic heterocycles. The molecule has 0 unspecified atom stereocenters. The van der Waals surface area contributed by atoms with Gasteiger partial charge in [-0.15, -0.1) is 11.6 Å². The van der Waals surface area contributed by atoms with Gasteiger partial charge in [-0.1, -0.05) is 60.7 Å². The van der Waals surface area contributed by atoms with Gasteiger partial charge in [0.15, 0.2) is 0 Å². The Bertz CT molecular complexity index is 1860. The molecule has 0 saturated carbocycles. The predicted molar refractivity (Wildman–Crippen MR) is 172 cm³/mol. The van der Waals surface area contributed by atoms with Gasteiger partial charge in [0.1, 0.15) is 17.6 Å². The Kier molecular flexibility index (Phi) is 9.46. The van der Waals surface area contributed by atoms with Crippen LogP contribution in [0.4, 0.5) is 5.69 Å². The van der Waals surface area contributed by atoms with Crippen LogP contribution >= 0.6 is 11.6 Å². The number of amides is 2. The van der Waals surface area contributed by atoms with Gasteiger partial charge in [0.05, 0.1) is 22.0 Å². The second-order valence-electron chi connectivity index (χ2n) is 10.1. The number of rotatable bonds is 12. The summed E-state index contributed by atoms with van der Waals surface area (Å²) in [5.41, 5.74) is 8.89. The molecule has 3 aromatic carbocycles. The maximum atomic E-state index is 13.7. The lowest BCUT2D eigenvalue weighted by atomic mass is 10.1. The maximum absolute atomic E-state index is 13.7. The normalized spacial score (nSPS) is 12.2. The number of benzene rings is 3. The van der Waals surface area contributed by atoms with E-state index in [-0.39, 0.29) is 23.2 Å². The van der Waals surface area contributed by atoms with Crippen LogP contribution in [0, 0.1) is 10.1 Å². The fraction of sp³-hybridized carbons (Fsp3) is 0.188. The molecule has 12 heteroatoms. The second kappa shape index (κ2) is 13.8. The molecule has 0 saturated heterocycles. The van der Waals surface area contributed by atoms with E-state index in [0.717, 1.165) is 21.9 Å². The number of aromatic nitrogens is 2. The van der Waals surface area contributed by atoms with E-state index in [9.17, 15) is 19.7 Å². The first-order chi connectivity index (χ1) is 21.3. The SMILES string of the molecule is NC(CCl)=NCCC[C@H](NC(=O)c1cc2c([nH]c3ccccc32)c(-c2cccc([N+](=O)[O-])c2)n1)C(=O)NCc1ccccc1. The quantitative estimate of drug-likeness (QED) is 0.0383. The van der Waals surface area contributed by atoms with E-state index < -0.39 is 16.9 Å². The lowest BCUT2D eigenvalue weighted by molar-refractivity contribution is -0.384. The lowest BCUT2D eigenvalue weighted by Gasteiger charge is -2.18. The number of hydrogen-bond donors (Lipinski definition) is 4. The molecule has 5 rings (SSSR count). The highest BCUT2D eigenvalue weighted by molar-refractivity contribution is 6.28. The number of H-pyrrole nitrogens is 1. The first kappa shape index (κ1) is 30.2. The smallest absolute Gasteiger partial charge is 0.270 e. The molecular formula is C32H30ClN7O4. The molecule has 0 aliphatic carbocycles. The number of carbonyl (C=O) groups is 2. The average molecular weight is 612 g/mol. The summed E-state index contributed by atoms with van der Waals surface area (Å²) in [5, 5.41) is 18.8. The summed E-state index contributed by atoms with van der Waals surface area (Å²) in [6, 6.07) is 23.9. The molecule has 2 aromatic heterocycles. The summed E-state index contributed by atoms with van der Waals surface area (Å²) >= 11 is 5.71. The summed E-state index contributed by atoms with van der Waals surface area (Å²) in [7, 11) is 0. The lowest BCUT2D eigenvalue weighted by Crippen LogP contribution is -2.46. The monoisotopic (exact) mass is 611 g/mol. The molecule has 0 radical (unpaired) electrons. The van der Waals surface area contributed by atoms with Crippen LogP contribution in [0.3, 0.4) is 0 Å². The molecule has 0 aliphatic rings. The highest BCUT2D eigenvalue weighted by Gasteiger charge is 2.24. The molecule has 5 aromatic rings. The predicted octanol–water partition coefficient (Wildman–Crippen LogP) is 5.08. The van der Waals surface area contributed by atoms with Gasteiger partial charge in [-0.05, 0) is 30.5 Å². The number of alkyl halides is 1. The van der Waals surface area contributed by atoms with E-state index in [1.807, 2.05) is 54.6 Å². The first-order valence-electron chi connectivity index (χ1n) is 14.0. The number of nitrogens with zero attached hydrogens (tertiary/aromatic N) is 3. The molecule has 44 heavy (non-hydrogen) atoms. The Morgan fingerprint density at radius 2 is 1.80 bits per heavy atom. The van der Waals surface area contributed by atoms with Crippen LogP contribution in [0.15, 0.2) is 89.9 Å². The van der Waals surface area contributed by atoms with Gasteiger partial charge in [0.25, 0.3) is 11.6 Å². The molecule has 0 fully saturated rings. The fourth-order valence-corrected chi connectivity index (χ4v) is 4.99. The van der Waals surface area contributed by atoms with E-state index in [2.05, 4.69) is 25.6 Å². The number of nitro benzene ring substituents is 1. The van der Waals surface area contributed by atoms with E-state index in [0.29, 0.717) is 48.5 Å². The summed E-state index contributed by atoms with van der Waals surface area (Å²) in [6.45, 7) is 0.632. The molecule has 11 nitrogen and oxygen atoms in total. The number of nitro groups is 1. The zero-order valence-corrected chi connectivity index (χ0v) is 24.4. The number of amidine groups is 1. The standard InChI is InChI=1S/C32H30ClN7O4/c33-18-28(34)35-15-7-14-26(31(41)36-19-20-8-2-1-3-9-20)39-32(42)27-17-24-23-12-4-5-13-25(23)37-30(24)29(38-27)21-10-6-11-22(16-21)40(43)44/h1-6,8-13,16-17,26,37H,7,14-15,18-19H2,(H2,34,35)(H,36,41)(H,39,42)/t26-/m0/s1. The van der Waals surface area contributed by atoms with Crippen LogP contribution in [0.1, 0.15) is 28.9 Å². The van der Waals surface area contributed by atoms with Crippen molar-refractivity contribution in [3.8, 4) is 11.3 Å². The van der Waals surface area contributed by atoms with E-state index in [4.69, 9.17) is 17.3 Å². The van der Waals surface area contributed by atoms with Crippen molar-refractivity contribution < 1.29 is 14.5 Å². The number of nitrogens with one attached hydrogen (secondary N) is 3. The summed E-state index contributed by atoms with van der Waals surface area (Å²) in [4.78, 5) is 50.3. The summed E-state index contributed by atoms with van der Waals surface area (Å²) in [5.74, 6) is -0.520. The number of hydrogen-bond acceptors (Lipinski definition) is 6. The summed E-state index contributed by atoms with van der Waals surface area (Å²) < 4.78 is 0. The van der Waals surface area contributed by atoms with Crippen molar-refractivity contribution in [1.82, 2.24) is 20.6 Å². The third kappa shape index (κ3) is 7.01. The summed E-state index contributed by atoms with van der Waals surface area (Å²) in [6.07, 6.45) is 0.758. The number of carbonyl (C=O) groups excluding carboxylic acids is 2. The van der Waals surface area contributed by atoms with Crippen LogP contribution in [-0.4, -0.2) is 51.0 Å². The van der Waals surface area contributed by atoms with Crippen LogP contribution < -0.4 is 16.4 Å². The van der Waals surface area contributed by atoms with Crippen molar-refractivity contribution in [2.24, 2.45) is 10.7 Å².